The minimum atomic E-state index is 0.676. The Morgan fingerprint density at radius 3 is 2.60 bits per heavy atom. The van der Waals surface area contributed by atoms with Crippen LogP contribution in [0.2, 0.25) is 0 Å². The zero-order valence-electron chi connectivity index (χ0n) is 12.4. The summed E-state index contributed by atoms with van der Waals surface area (Å²) in [4.78, 5) is 6.84. The van der Waals surface area contributed by atoms with Gasteiger partial charge in [-0.25, -0.2) is 0 Å². The smallest absolute Gasteiger partial charge is 0.194 e. The third kappa shape index (κ3) is 2.64. The van der Waals surface area contributed by atoms with Crippen molar-refractivity contribution in [1.82, 2.24) is 25.0 Å². The monoisotopic (exact) mass is 276 g/mol. The minimum absolute atomic E-state index is 0.676. The van der Waals surface area contributed by atoms with Crippen LogP contribution in [-0.2, 0) is 13.6 Å². The Labute approximate surface area is 120 Å². The molecular formula is C14H24N6. The first-order chi connectivity index (χ1) is 9.78. The number of guanidine groups is 1. The molecule has 2 atom stereocenters. The van der Waals surface area contributed by atoms with Crippen LogP contribution in [0.5, 0.6) is 0 Å². The van der Waals surface area contributed by atoms with Crippen molar-refractivity contribution in [3.05, 3.63) is 12.2 Å². The molecule has 2 heterocycles. The zero-order chi connectivity index (χ0) is 13.9. The van der Waals surface area contributed by atoms with Gasteiger partial charge in [0.2, 0.25) is 0 Å². The van der Waals surface area contributed by atoms with Crippen molar-refractivity contribution in [2.45, 2.75) is 32.2 Å². The van der Waals surface area contributed by atoms with Gasteiger partial charge in [0.15, 0.2) is 11.8 Å². The summed E-state index contributed by atoms with van der Waals surface area (Å²) in [6.07, 6.45) is 7.31. The molecule has 1 aromatic heterocycles. The summed E-state index contributed by atoms with van der Waals surface area (Å²) in [5.41, 5.74) is 0. The first-order valence-electron chi connectivity index (χ1n) is 7.56. The maximum atomic E-state index is 4.43. The number of aromatic nitrogens is 3. The Kier molecular flexibility index (Phi) is 3.89. The third-order valence-corrected chi connectivity index (χ3v) is 4.70. The van der Waals surface area contributed by atoms with Crippen molar-refractivity contribution in [2.75, 3.05) is 20.1 Å². The summed E-state index contributed by atoms with van der Waals surface area (Å²) < 4.78 is 1.93. The predicted octanol–water partition coefficient (Wildman–Crippen LogP) is 1.01. The van der Waals surface area contributed by atoms with E-state index in [4.69, 9.17) is 0 Å². The van der Waals surface area contributed by atoms with E-state index in [0.29, 0.717) is 6.54 Å². The molecule has 1 N–H and O–H groups in total. The molecule has 0 aromatic carbocycles. The van der Waals surface area contributed by atoms with Gasteiger partial charge in [0.05, 0.1) is 6.54 Å². The van der Waals surface area contributed by atoms with Crippen LogP contribution in [0.4, 0.5) is 0 Å². The molecule has 6 nitrogen and oxygen atoms in total. The van der Waals surface area contributed by atoms with E-state index >= 15 is 0 Å². The molecule has 6 heteroatoms. The summed E-state index contributed by atoms with van der Waals surface area (Å²) in [5.74, 6) is 3.68. The van der Waals surface area contributed by atoms with Crippen LogP contribution in [-0.4, -0.2) is 45.8 Å². The second-order valence-corrected chi connectivity index (χ2v) is 5.97. The van der Waals surface area contributed by atoms with Gasteiger partial charge in [0.25, 0.3) is 0 Å². The number of nitrogens with one attached hydrogen (secondary N) is 1. The van der Waals surface area contributed by atoms with Crippen molar-refractivity contribution in [3.8, 4) is 0 Å². The van der Waals surface area contributed by atoms with Gasteiger partial charge in [-0.3, -0.25) is 4.99 Å². The molecule has 0 spiro atoms. The number of aliphatic imine (C=N–C) groups is 1. The van der Waals surface area contributed by atoms with E-state index in [2.05, 4.69) is 25.4 Å². The van der Waals surface area contributed by atoms with Gasteiger partial charge < -0.3 is 14.8 Å². The highest BCUT2D eigenvalue weighted by atomic mass is 15.3. The minimum Gasteiger partial charge on any atom is -0.349 e. The number of aryl methyl sites for hydroxylation is 1. The lowest BCUT2D eigenvalue weighted by Crippen LogP contribution is -2.40. The van der Waals surface area contributed by atoms with Crippen molar-refractivity contribution < 1.29 is 0 Å². The molecule has 0 radical (unpaired) electrons. The molecule has 1 saturated heterocycles. The molecule has 0 amide bonds. The SMILES string of the molecule is CN=C(NCc1nncn1C)N1CC2CCCCC2C1. The van der Waals surface area contributed by atoms with E-state index in [9.17, 15) is 0 Å². The molecule has 1 aromatic rings. The standard InChI is InChI=1S/C14H24N6/c1-15-14(16-7-13-18-17-10-19(13)2)20-8-11-5-3-4-6-12(11)9-20/h10-12H,3-9H2,1-2H3,(H,15,16). The molecule has 1 aliphatic heterocycles. The molecule has 2 unspecified atom stereocenters. The summed E-state index contributed by atoms with van der Waals surface area (Å²) >= 11 is 0. The molecule has 110 valence electrons. The molecule has 1 saturated carbocycles. The summed E-state index contributed by atoms with van der Waals surface area (Å²) in [6, 6.07) is 0. The van der Waals surface area contributed by atoms with E-state index in [1.165, 1.54) is 25.7 Å². The van der Waals surface area contributed by atoms with E-state index in [-0.39, 0.29) is 0 Å². The van der Waals surface area contributed by atoms with Crippen molar-refractivity contribution in [2.24, 2.45) is 23.9 Å². The fraction of sp³-hybridized carbons (Fsp3) is 0.786. The fourth-order valence-electron chi connectivity index (χ4n) is 3.54. The number of likely N-dealkylation sites (tertiary alicyclic amines) is 1. The Hall–Kier alpha value is -1.59. The Morgan fingerprint density at radius 1 is 1.35 bits per heavy atom. The lowest BCUT2D eigenvalue weighted by molar-refractivity contribution is 0.299. The maximum Gasteiger partial charge on any atom is 0.194 e. The number of nitrogens with zero attached hydrogens (tertiary/aromatic N) is 5. The second kappa shape index (κ2) is 5.81. The van der Waals surface area contributed by atoms with Gasteiger partial charge in [-0.1, -0.05) is 12.8 Å². The Bertz CT molecular complexity index is 466. The topological polar surface area (TPSA) is 58.3 Å². The predicted molar refractivity (Wildman–Crippen MR) is 78.2 cm³/mol. The van der Waals surface area contributed by atoms with Gasteiger partial charge in [-0.15, -0.1) is 10.2 Å². The number of hydrogen-bond donors (Lipinski definition) is 1. The highest BCUT2D eigenvalue weighted by Gasteiger charge is 2.35. The highest BCUT2D eigenvalue weighted by molar-refractivity contribution is 5.80. The molecule has 20 heavy (non-hydrogen) atoms. The number of rotatable bonds is 2. The quantitative estimate of drug-likeness (QED) is 0.647. The van der Waals surface area contributed by atoms with Crippen LogP contribution in [0, 0.1) is 11.8 Å². The summed E-state index contributed by atoms with van der Waals surface area (Å²) in [7, 11) is 3.82. The number of fused-ring (bicyclic) bond motifs is 1. The van der Waals surface area contributed by atoms with Gasteiger partial charge in [0.1, 0.15) is 6.33 Å². The molecule has 2 fully saturated rings. The normalized spacial score (nSPS) is 26.7. The molecular weight excluding hydrogens is 252 g/mol. The van der Waals surface area contributed by atoms with Crippen LogP contribution >= 0.6 is 0 Å². The maximum absolute atomic E-state index is 4.43. The van der Waals surface area contributed by atoms with Crippen LogP contribution in [0.15, 0.2) is 11.3 Å². The van der Waals surface area contributed by atoms with E-state index in [1.807, 2.05) is 18.7 Å². The summed E-state index contributed by atoms with van der Waals surface area (Å²) in [5, 5.41) is 11.4. The average molecular weight is 276 g/mol. The molecule has 1 aliphatic carbocycles. The van der Waals surface area contributed by atoms with Gasteiger partial charge in [0, 0.05) is 27.2 Å². The molecule has 0 bridgehead atoms. The molecule has 3 rings (SSSR count). The van der Waals surface area contributed by atoms with Crippen molar-refractivity contribution >= 4 is 5.96 Å². The van der Waals surface area contributed by atoms with Gasteiger partial charge in [-0.2, -0.15) is 0 Å². The highest BCUT2D eigenvalue weighted by Crippen LogP contribution is 2.35. The van der Waals surface area contributed by atoms with Crippen molar-refractivity contribution in [1.29, 1.82) is 0 Å². The van der Waals surface area contributed by atoms with Crippen LogP contribution < -0.4 is 5.32 Å². The van der Waals surface area contributed by atoms with Crippen LogP contribution in [0.3, 0.4) is 0 Å². The van der Waals surface area contributed by atoms with E-state index in [0.717, 1.165) is 36.7 Å². The van der Waals surface area contributed by atoms with E-state index in [1.54, 1.807) is 6.33 Å². The average Bonchev–Trinajstić information content (AvgIpc) is 3.06. The second-order valence-electron chi connectivity index (χ2n) is 5.97. The van der Waals surface area contributed by atoms with E-state index < -0.39 is 0 Å². The number of hydrogen-bond acceptors (Lipinski definition) is 3. The summed E-state index contributed by atoms with van der Waals surface area (Å²) in [6.45, 7) is 2.99. The van der Waals surface area contributed by atoms with Crippen molar-refractivity contribution in [3.63, 3.8) is 0 Å². The third-order valence-electron chi connectivity index (χ3n) is 4.70. The van der Waals surface area contributed by atoms with Gasteiger partial charge >= 0.3 is 0 Å². The lowest BCUT2D eigenvalue weighted by atomic mass is 9.82. The first kappa shape index (κ1) is 13.4. The van der Waals surface area contributed by atoms with Gasteiger partial charge in [-0.05, 0) is 24.7 Å². The Balaban J connectivity index is 1.59. The van der Waals surface area contributed by atoms with Crippen LogP contribution in [0.1, 0.15) is 31.5 Å². The van der Waals surface area contributed by atoms with Crippen LogP contribution in [0.25, 0.3) is 0 Å². The lowest BCUT2D eigenvalue weighted by Gasteiger charge is -2.22. The Morgan fingerprint density at radius 2 is 2.05 bits per heavy atom. The fourth-order valence-corrected chi connectivity index (χ4v) is 3.54. The first-order valence-corrected chi connectivity index (χ1v) is 7.56. The molecule has 2 aliphatic rings. The zero-order valence-corrected chi connectivity index (χ0v) is 12.4. The largest absolute Gasteiger partial charge is 0.349 e.